The number of aliphatic carboxylic acids is 1. The zero-order valence-corrected chi connectivity index (χ0v) is 6.57. The zero-order chi connectivity index (χ0) is 8.65. The molecule has 0 aromatic rings. The van der Waals surface area contributed by atoms with Crippen LogP contribution in [0.25, 0.3) is 0 Å². The maximum atomic E-state index is 10.5. The van der Waals surface area contributed by atoms with E-state index in [1.165, 1.54) is 0 Å². The lowest BCUT2D eigenvalue weighted by Gasteiger charge is -2.15. The molecule has 0 saturated carbocycles. The highest BCUT2D eigenvalue weighted by atomic mass is 16.6. The van der Waals surface area contributed by atoms with Crippen molar-refractivity contribution < 1.29 is 19.7 Å². The van der Waals surface area contributed by atoms with Crippen LogP contribution in [-0.2, 0) is 9.53 Å². The molecule has 1 saturated heterocycles. The Morgan fingerprint density at radius 3 is 2.36 bits per heavy atom. The first-order chi connectivity index (χ1) is 4.92. The van der Waals surface area contributed by atoms with Crippen molar-refractivity contribution in [1.82, 2.24) is 0 Å². The Morgan fingerprint density at radius 1 is 1.64 bits per heavy atom. The number of aliphatic hydroxyl groups is 1. The first-order valence-corrected chi connectivity index (χ1v) is 3.51. The highest BCUT2D eigenvalue weighted by Gasteiger charge is 2.43. The van der Waals surface area contributed by atoms with Gasteiger partial charge < -0.3 is 14.9 Å². The van der Waals surface area contributed by atoms with Gasteiger partial charge in [-0.1, -0.05) is 0 Å². The molecular weight excluding hydrogens is 148 g/mol. The Hall–Kier alpha value is -0.610. The number of aliphatic hydroxyl groups excluding tert-OH is 1. The molecule has 4 heteroatoms. The molecule has 2 N–H and O–H groups in total. The van der Waals surface area contributed by atoms with Crippen LogP contribution in [0.3, 0.4) is 0 Å². The van der Waals surface area contributed by atoms with Crippen LogP contribution in [0.4, 0.5) is 0 Å². The first-order valence-electron chi connectivity index (χ1n) is 3.51. The third-order valence-electron chi connectivity index (χ3n) is 1.81. The molecule has 0 bridgehead atoms. The number of carboxylic acids is 1. The van der Waals surface area contributed by atoms with Crippen molar-refractivity contribution >= 4 is 5.97 Å². The second-order valence-electron chi connectivity index (χ2n) is 3.42. The van der Waals surface area contributed by atoms with Crippen LogP contribution in [0, 0.1) is 5.92 Å². The number of rotatable bonds is 1. The monoisotopic (exact) mass is 160 g/mol. The van der Waals surface area contributed by atoms with Crippen molar-refractivity contribution in [3.63, 3.8) is 0 Å². The summed E-state index contributed by atoms with van der Waals surface area (Å²) in [7, 11) is 0. The Bertz CT molecular complexity index is 175. The Morgan fingerprint density at radius 2 is 2.18 bits per heavy atom. The maximum absolute atomic E-state index is 10.5. The van der Waals surface area contributed by atoms with Gasteiger partial charge >= 0.3 is 5.97 Å². The topological polar surface area (TPSA) is 66.8 Å². The van der Waals surface area contributed by atoms with E-state index in [2.05, 4.69) is 0 Å². The molecule has 2 unspecified atom stereocenters. The van der Waals surface area contributed by atoms with Crippen molar-refractivity contribution in [3.05, 3.63) is 0 Å². The number of carbonyl (C=O) groups is 1. The smallest absolute Gasteiger partial charge is 0.311 e. The molecule has 0 amide bonds. The minimum absolute atomic E-state index is 0.365. The third kappa shape index (κ3) is 1.70. The number of carboxylic acid groups (broad SMARTS) is 1. The van der Waals surface area contributed by atoms with Gasteiger partial charge in [0.1, 0.15) is 5.92 Å². The summed E-state index contributed by atoms with van der Waals surface area (Å²) in [5.74, 6) is -1.77. The predicted octanol–water partition coefficient (Wildman–Crippen LogP) is 0.205. The lowest BCUT2D eigenvalue weighted by atomic mass is 9.97. The van der Waals surface area contributed by atoms with Gasteiger partial charge in [-0.2, -0.15) is 0 Å². The van der Waals surface area contributed by atoms with Gasteiger partial charge in [0.05, 0.1) is 5.60 Å². The summed E-state index contributed by atoms with van der Waals surface area (Å²) in [4.78, 5) is 10.5. The second-order valence-corrected chi connectivity index (χ2v) is 3.42. The van der Waals surface area contributed by atoms with Crippen LogP contribution >= 0.6 is 0 Å². The summed E-state index contributed by atoms with van der Waals surface area (Å²) in [6, 6.07) is 0. The molecule has 0 radical (unpaired) electrons. The van der Waals surface area contributed by atoms with Crippen molar-refractivity contribution in [2.45, 2.75) is 32.2 Å². The van der Waals surface area contributed by atoms with E-state index < -0.39 is 23.8 Å². The fourth-order valence-corrected chi connectivity index (χ4v) is 1.30. The molecule has 64 valence electrons. The maximum Gasteiger partial charge on any atom is 0.311 e. The molecule has 0 aliphatic carbocycles. The number of hydrogen-bond acceptors (Lipinski definition) is 3. The van der Waals surface area contributed by atoms with Gasteiger partial charge in [-0.15, -0.1) is 0 Å². The lowest BCUT2D eigenvalue weighted by molar-refractivity contribution is -0.161. The van der Waals surface area contributed by atoms with Crippen LogP contribution in [0.2, 0.25) is 0 Å². The molecule has 0 aromatic heterocycles. The van der Waals surface area contributed by atoms with E-state index in [0.717, 1.165) is 0 Å². The molecule has 0 spiro atoms. The highest BCUT2D eigenvalue weighted by molar-refractivity contribution is 5.70. The molecule has 1 aliphatic heterocycles. The van der Waals surface area contributed by atoms with E-state index in [1.54, 1.807) is 13.8 Å². The molecule has 11 heavy (non-hydrogen) atoms. The fourth-order valence-electron chi connectivity index (χ4n) is 1.30. The number of ether oxygens (including phenoxy) is 1. The Balaban J connectivity index is 2.66. The van der Waals surface area contributed by atoms with E-state index in [9.17, 15) is 4.79 Å². The summed E-state index contributed by atoms with van der Waals surface area (Å²) in [5, 5.41) is 17.7. The Labute approximate surface area is 64.8 Å². The highest BCUT2D eigenvalue weighted by Crippen LogP contribution is 2.33. The quantitative estimate of drug-likeness (QED) is 0.575. The van der Waals surface area contributed by atoms with Gasteiger partial charge in [-0.3, -0.25) is 4.79 Å². The van der Waals surface area contributed by atoms with Crippen LogP contribution in [0.1, 0.15) is 20.3 Å². The van der Waals surface area contributed by atoms with Crippen molar-refractivity contribution in [2.24, 2.45) is 5.92 Å². The number of hydrogen-bond donors (Lipinski definition) is 2. The molecule has 1 heterocycles. The van der Waals surface area contributed by atoms with Crippen LogP contribution in [0.15, 0.2) is 0 Å². The first kappa shape index (κ1) is 8.49. The minimum Gasteiger partial charge on any atom is -0.481 e. The van der Waals surface area contributed by atoms with Crippen LogP contribution in [-0.4, -0.2) is 28.1 Å². The fraction of sp³-hybridized carbons (Fsp3) is 0.857. The van der Waals surface area contributed by atoms with E-state index in [-0.39, 0.29) is 0 Å². The largest absolute Gasteiger partial charge is 0.481 e. The predicted molar refractivity (Wildman–Crippen MR) is 36.9 cm³/mol. The molecular formula is C7H12O4. The van der Waals surface area contributed by atoms with Gasteiger partial charge in [-0.05, 0) is 20.3 Å². The lowest BCUT2D eigenvalue weighted by Crippen LogP contribution is -2.23. The molecule has 1 fully saturated rings. The van der Waals surface area contributed by atoms with E-state index in [4.69, 9.17) is 14.9 Å². The zero-order valence-electron chi connectivity index (χ0n) is 6.57. The average Bonchev–Trinajstić information content (AvgIpc) is 2.05. The van der Waals surface area contributed by atoms with Gasteiger partial charge in [-0.25, -0.2) is 0 Å². The summed E-state index contributed by atoms with van der Waals surface area (Å²) in [6.07, 6.45) is -0.786. The van der Waals surface area contributed by atoms with Crippen LogP contribution < -0.4 is 0 Å². The van der Waals surface area contributed by atoms with Gasteiger partial charge in [0.15, 0.2) is 6.29 Å². The molecule has 1 aliphatic rings. The summed E-state index contributed by atoms with van der Waals surface area (Å²) in [6.45, 7) is 3.53. The summed E-state index contributed by atoms with van der Waals surface area (Å²) >= 11 is 0. The normalized spacial score (nSPS) is 35.5. The molecule has 0 aromatic carbocycles. The second kappa shape index (κ2) is 2.46. The SMILES string of the molecule is CC1(C)CC(C(=O)O)C(O)O1. The van der Waals surface area contributed by atoms with Crippen LogP contribution in [0.5, 0.6) is 0 Å². The summed E-state index contributed by atoms with van der Waals surface area (Å²) < 4.78 is 5.00. The molecule has 2 atom stereocenters. The third-order valence-corrected chi connectivity index (χ3v) is 1.81. The van der Waals surface area contributed by atoms with E-state index >= 15 is 0 Å². The van der Waals surface area contributed by atoms with Crippen molar-refractivity contribution in [3.8, 4) is 0 Å². The summed E-state index contributed by atoms with van der Waals surface area (Å²) in [5.41, 5.74) is -0.511. The van der Waals surface area contributed by atoms with E-state index in [1.807, 2.05) is 0 Å². The minimum atomic E-state index is -1.15. The van der Waals surface area contributed by atoms with E-state index in [0.29, 0.717) is 6.42 Å². The van der Waals surface area contributed by atoms with Crippen molar-refractivity contribution in [2.75, 3.05) is 0 Å². The van der Waals surface area contributed by atoms with Gasteiger partial charge in [0.2, 0.25) is 0 Å². The molecule has 1 rings (SSSR count). The van der Waals surface area contributed by atoms with Gasteiger partial charge in [0.25, 0.3) is 0 Å². The van der Waals surface area contributed by atoms with Crippen molar-refractivity contribution in [1.29, 1.82) is 0 Å². The standard InChI is InChI=1S/C7H12O4/c1-7(2)3-4(5(8)9)6(10)11-7/h4,6,10H,3H2,1-2H3,(H,8,9). The van der Waals surface area contributed by atoms with Gasteiger partial charge in [0, 0.05) is 0 Å². The average molecular weight is 160 g/mol. The Kier molecular flexibility index (Phi) is 1.90. The molecule has 4 nitrogen and oxygen atoms in total.